The molecule has 0 atom stereocenters. The van der Waals surface area contributed by atoms with Crippen LogP contribution < -0.4 is 4.74 Å². The van der Waals surface area contributed by atoms with Crippen molar-refractivity contribution in [2.75, 3.05) is 7.11 Å². The molecule has 96 valence electrons. The number of nitriles is 1. The fourth-order valence-corrected chi connectivity index (χ4v) is 2.01. The monoisotopic (exact) mass is 255 g/mol. The van der Waals surface area contributed by atoms with Crippen LogP contribution in [0.25, 0.3) is 11.1 Å². The first-order valence-electron chi connectivity index (χ1n) is 5.96. The van der Waals surface area contributed by atoms with Crippen LogP contribution >= 0.6 is 0 Å². The van der Waals surface area contributed by atoms with Crippen molar-refractivity contribution in [1.29, 1.82) is 5.26 Å². The van der Waals surface area contributed by atoms with Gasteiger partial charge in [-0.15, -0.1) is 0 Å². The minimum Gasteiger partial charge on any atom is -0.496 e. The van der Waals surface area contributed by atoms with Crippen molar-refractivity contribution >= 4 is 0 Å². The summed E-state index contributed by atoms with van der Waals surface area (Å²) in [6.45, 7) is 1.73. The number of halogens is 1. The molecule has 0 aromatic heterocycles. The van der Waals surface area contributed by atoms with Crippen LogP contribution in [0.15, 0.2) is 36.4 Å². The Morgan fingerprint density at radius 1 is 1.21 bits per heavy atom. The maximum absolute atomic E-state index is 14.1. The van der Waals surface area contributed by atoms with Gasteiger partial charge in [-0.2, -0.15) is 5.26 Å². The van der Waals surface area contributed by atoms with E-state index < -0.39 is 0 Å². The van der Waals surface area contributed by atoms with Gasteiger partial charge in [-0.3, -0.25) is 0 Å². The molecule has 0 amide bonds. The van der Waals surface area contributed by atoms with E-state index in [2.05, 4.69) is 6.07 Å². The molecule has 2 rings (SSSR count). The van der Waals surface area contributed by atoms with Crippen molar-refractivity contribution in [2.24, 2.45) is 0 Å². The Hall–Kier alpha value is -2.34. The summed E-state index contributed by atoms with van der Waals surface area (Å²) in [5.41, 5.74) is 2.67. The lowest BCUT2D eigenvalue weighted by atomic mass is 9.99. The van der Waals surface area contributed by atoms with Gasteiger partial charge in [-0.1, -0.05) is 30.3 Å². The highest BCUT2D eigenvalue weighted by atomic mass is 19.1. The second kappa shape index (κ2) is 5.53. The molecule has 0 aliphatic carbocycles. The van der Waals surface area contributed by atoms with Gasteiger partial charge in [-0.25, -0.2) is 4.39 Å². The maximum atomic E-state index is 14.1. The second-order valence-electron chi connectivity index (χ2n) is 4.31. The summed E-state index contributed by atoms with van der Waals surface area (Å²) in [5.74, 6) is 0.339. The van der Waals surface area contributed by atoms with E-state index in [1.807, 2.05) is 12.1 Å². The van der Waals surface area contributed by atoms with Crippen LogP contribution in [0.5, 0.6) is 5.75 Å². The van der Waals surface area contributed by atoms with Crippen molar-refractivity contribution in [2.45, 2.75) is 13.3 Å². The number of methoxy groups -OCH3 is 1. The van der Waals surface area contributed by atoms with Crippen LogP contribution in [-0.2, 0) is 6.42 Å². The number of hydrogen-bond donors (Lipinski definition) is 0. The van der Waals surface area contributed by atoms with E-state index in [9.17, 15) is 4.39 Å². The Kier molecular flexibility index (Phi) is 3.82. The van der Waals surface area contributed by atoms with Crippen molar-refractivity contribution in [3.8, 4) is 22.9 Å². The van der Waals surface area contributed by atoms with Crippen molar-refractivity contribution in [1.82, 2.24) is 0 Å². The van der Waals surface area contributed by atoms with Gasteiger partial charge < -0.3 is 4.74 Å². The Morgan fingerprint density at radius 2 is 2.00 bits per heavy atom. The molecule has 0 N–H and O–H groups in total. The first kappa shape index (κ1) is 13.1. The molecule has 0 unspecified atom stereocenters. The van der Waals surface area contributed by atoms with Crippen LogP contribution in [0.2, 0.25) is 0 Å². The van der Waals surface area contributed by atoms with Gasteiger partial charge in [0.15, 0.2) is 0 Å². The summed E-state index contributed by atoms with van der Waals surface area (Å²) < 4.78 is 19.4. The normalized spacial score (nSPS) is 10.0. The predicted molar refractivity (Wildman–Crippen MR) is 72.4 cm³/mol. The molecule has 19 heavy (non-hydrogen) atoms. The van der Waals surface area contributed by atoms with Gasteiger partial charge >= 0.3 is 0 Å². The molecule has 3 heteroatoms. The summed E-state index contributed by atoms with van der Waals surface area (Å²) in [4.78, 5) is 0. The standard InChI is InChI=1S/C16H14FNO/c1-11-4-3-5-14(16(11)17)13-7-6-12(8-9-18)10-15(13)19-2/h3-7,10H,8H2,1-2H3. The first-order chi connectivity index (χ1) is 9.17. The molecule has 0 radical (unpaired) electrons. The number of benzene rings is 2. The second-order valence-corrected chi connectivity index (χ2v) is 4.31. The van der Waals surface area contributed by atoms with E-state index in [1.54, 1.807) is 38.3 Å². The number of aryl methyl sites for hydroxylation is 1. The Labute approximate surface area is 112 Å². The van der Waals surface area contributed by atoms with Gasteiger partial charge in [0.1, 0.15) is 11.6 Å². The van der Waals surface area contributed by atoms with Crippen molar-refractivity contribution < 1.29 is 9.13 Å². The molecule has 0 fully saturated rings. The molecule has 0 aliphatic rings. The van der Waals surface area contributed by atoms with Gasteiger partial charge in [0, 0.05) is 11.1 Å². The fraction of sp³-hybridized carbons (Fsp3) is 0.188. The zero-order valence-electron chi connectivity index (χ0n) is 10.9. The minimum absolute atomic E-state index is 0.242. The molecule has 2 aromatic carbocycles. The third kappa shape index (κ3) is 2.58. The minimum atomic E-state index is -0.242. The molecule has 2 aromatic rings. The summed E-state index contributed by atoms with van der Waals surface area (Å²) >= 11 is 0. The highest BCUT2D eigenvalue weighted by Crippen LogP contribution is 2.33. The van der Waals surface area contributed by atoms with E-state index >= 15 is 0 Å². The fourth-order valence-electron chi connectivity index (χ4n) is 2.01. The third-order valence-corrected chi connectivity index (χ3v) is 3.03. The van der Waals surface area contributed by atoms with Gasteiger partial charge in [0.2, 0.25) is 0 Å². The number of rotatable bonds is 3. The predicted octanol–water partition coefficient (Wildman–Crippen LogP) is 3.88. The van der Waals surface area contributed by atoms with Crippen LogP contribution in [0.3, 0.4) is 0 Å². The van der Waals surface area contributed by atoms with E-state index in [1.165, 1.54) is 0 Å². The van der Waals surface area contributed by atoms with E-state index in [-0.39, 0.29) is 5.82 Å². The third-order valence-electron chi connectivity index (χ3n) is 3.03. The largest absolute Gasteiger partial charge is 0.496 e. The van der Waals surface area contributed by atoms with Crippen LogP contribution in [0.1, 0.15) is 11.1 Å². The molecule has 2 nitrogen and oxygen atoms in total. The molecule has 0 bridgehead atoms. The lowest BCUT2D eigenvalue weighted by Crippen LogP contribution is -1.94. The molecule has 0 heterocycles. The molecule has 0 aliphatic heterocycles. The molecule has 0 spiro atoms. The lowest BCUT2D eigenvalue weighted by molar-refractivity contribution is 0.415. The Balaban J connectivity index is 2.56. The van der Waals surface area contributed by atoms with Crippen LogP contribution in [0, 0.1) is 24.1 Å². The van der Waals surface area contributed by atoms with Gasteiger partial charge in [0.05, 0.1) is 19.6 Å². The summed E-state index contributed by atoms with van der Waals surface area (Å²) in [7, 11) is 1.54. The van der Waals surface area contributed by atoms with Crippen molar-refractivity contribution in [3.63, 3.8) is 0 Å². The molecule has 0 saturated carbocycles. The molecule has 0 saturated heterocycles. The molecular formula is C16H14FNO. The van der Waals surface area contributed by atoms with E-state index in [0.717, 1.165) is 5.56 Å². The van der Waals surface area contributed by atoms with Crippen LogP contribution in [-0.4, -0.2) is 7.11 Å². The quantitative estimate of drug-likeness (QED) is 0.834. The van der Waals surface area contributed by atoms with Gasteiger partial charge in [-0.05, 0) is 24.1 Å². The topological polar surface area (TPSA) is 33.0 Å². The SMILES string of the molecule is COc1cc(CC#N)ccc1-c1cccc(C)c1F. The smallest absolute Gasteiger partial charge is 0.134 e. The number of hydrogen-bond acceptors (Lipinski definition) is 2. The number of nitrogens with zero attached hydrogens (tertiary/aromatic N) is 1. The maximum Gasteiger partial charge on any atom is 0.134 e. The zero-order valence-corrected chi connectivity index (χ0v) is 10.9. The average molecular weight is 255 g/mol. The summed E-state index contributed by atoms with van der Waals surface area (Å²) in [6.07, 6.45) is 0.312. The van der Waals surface area contributed by atoms with E-state index in [0.29, 0.717) is 28.9 Å². The first-order valence-corrected chi connectivity index (χ1v) is 5.96. The highest BCUT2D eigenvalue weighted by Gasteiger charge is 2.12. The van der Waals surface area contributed by atoms with Gasteiger partial charge in [0.25, 0.3) is 0 Å². The Bertz CT molecular complexity index is 644. The van der Waals surface area contributed by atoms with E-state index in [4.69, 9.17) is 10.00 Å². The summed E-state index contributed by atoms with van der Waals surface area (Å²) in [5, 5.41) is 8.70. The van der Waals surface area contributed by atoms with Crippen molar-refractivity contribution in [3.05, 3.63) is 53.3 Å². The zero-order chi connectivity index (χ0) is 13.8. The number of ether oxygens (including phenoxy) is 1. The highest BCUT2D eigenvalue weighted by molar-refractivity contribution is 5.72. The molecular weight excluding hydrogens is 241 g/mol. The van der Waals surface area contributed by atoms with Crippen LogP contribution in [0.4, 0.5) is 4.39 Å². The summed E-state index contributed by atoms with van der Waals surface area (Å²) in [6, 6.07) is 12.8. The average Bonchev–Trinajstić information content (AvgIpc) is 2.42. The Morgan fingerprint density at radius 3 is 2.68 bits per heavy atom. The lowest BCUT2D eigenvalue weighted by Gasteiger charge is -2.11.